The van der Waals surface area contributed by atoms with E-state index in [-0.39, 0.29) is 0 Å². The van der Waals surface area contributed by atoms with Crippen molar-refractivity contribution in [3.05, 3.63) is 42.3 Å². The predicted molar refractivity (Wildman–Crippen MR) is 69.3 cm³/mol. The third kappa shape index (κ3) is 1.87. The Hall–Kier alpha value is -2.63. The van der Waals surface area contributed by atoms with E-state index in [0.717, 1.165) is 5.56 Å². The average molecular weight is 258 g/mol. The topological polar surface area (TPSA) is 65.4 Å². The first-order valence-corrected chi connectivity index (χ1v) is 5.64. The molecule has 0 aliphatic heterocycles. The van der Waals surface area contributed by atoms with Crippen LogP contribution in [0.2, 0.25) is 0 Å². The highest BCUT2D eigenvalue weighted by atomic mass is 19.1. The molecule has 0 bridgehead atoms. The molecule has 0 amide bonds. The lowest BCUT2D eigenvalue weighted by Crippen LogP contribution is -1.98. The smallest absolute Gasteiger partial charge is 0.243 e. The number of hydrogen-bond acceptors (Lipinski definition) is 4. The molecule has 2 heterocycles. The van der Waals surface area contributed by atoms with Crippen molar-refractivity contribution in [2.24, 2.45) is 0 Å². The fourth-order valence-electron chi connectivity index (χ4n) is 1.90. The number of fused-ring (bicyclic) bond motifs is 1. The molecule has 0 atom stereocenters. The highest BCUT2D eigenvalue weighted by Crippen LogP contribution is 2.30. The summed E-state index contributed by atoms with van der Waals surface area (Å²) in [6.45, 7) is 0. The summed E-state index contributed by atoms with van der Waals surface area (Å²) in [5.41, 5.74) is 8.26. The maximum absolute atomic E-state index is 13.2. The number of nitrogen functional groups attached to an aromatic ring is 1. The lowest BCUT2D eigenvalue weighted by molar-refractivity contribution is 0.384. The second kappa shape index (κ2) is 4.24. The quantitative estimate of drug-likeness (QED) is 0.715. The standard InChI is InChI=1S/C13H11FN4O/c1-19-13-12(8-2-4-9(15)5-3-8)16-11-7-6-10(14)17-18(11)13/h2-7H,15H2,1H3. The first-order chi connectivity index (χ1) is 9.19. The lowest BCUT2D eigenvalue weighted by Gasteiger charge is -2.02. The molecule has 19 heavy (non-hydrogen) atoms. The zero-order chi connectivity index (χ0) is 13.4. The van der Waals surface area contributed by atoms with E-state index in [1.807, 2.05) is 12.1 Å². The Morgan fingerprint density at radius 2 is 1.89 bits per heavy atom. The van der Waals surface area contributed by atoms with Gasteiger partial charge in [-0.25, -0.2) is 4.98 Å². The zero-order valence-corrected chi connectivity index (χ0v) is 10.2. The Labute approximate surface area is 108 Å². The van der Waals surface area contributed by atoms with Crippen molar-refractivity contribution < 1.29 is 9.13 Å². The van der Waals surface area contributed by atoms with Crippen LogP contribution in [0.4, 0.5) is 10.1 Å². The second-order valence-corrected chi connectivity index (χ2v) is 4.02. The first-order valence-electron chi connectivity index (χ1n) is 5.64. The molecule has 2 aromatic heterocycles. The van der Waals surface area contributed by atoms with Crippen LogP contribution in [0.25, 0.3) is 16.9 Å². The van der Waals surface area contributed by atoms with Gasteiger partial charge in [0.2, 0.25) is 11.8 Å². The van der Waals surface area contributed by atoms with Gasteiger partial charge in [-0.2, -0.15) is 8.91 Å². The van der Waals surface area contributed by atoms with Crippen LogP contribution in [0.1, 0.15) is 0 Å². The van der Waals surface area contributed by atoms with Gasteiger partial charge >= 0.3 is 0 Å². The van der Waals surface area contributed by atoms with Gasteiger partial charge < -0.3 is 10.5 Å². The summed E-state index contributed by atoms with van der Waals surface area (Å²) in [6.07, 6.45) is 0. The molecule has 96 valence electrons. The molecule has 3 aromatic rings. The lowest BCUT2D eigenvalue weighted by atomic mass is 10.1. The molecule has 0 fully saturated rings. The molecule has 0 unspecified atom stereocenters. The van der Waals surface area contributed by atoms with Crippen molar-refractivity contribution in [1.82, 2.24) is 14.6 Å². The number of methoxy groups -OCH3 is 1. The van der Waals surface area contributed by atoms with Gasteiger partial charge in [-0.3, -0.25) is 0 Å². The Bertz CT molecular complexity index is 736. The Morgan fingerprint density at radius 3 is 2.58 bits per heavy atom. The van der Waals surface area contributed by atoms with Crippen molar-refractivity contribution in [3.8, 4) is 17.1 Å². The van der Waals surface area contributed by atoms with Gasteiger partial charge in [-0.15, -0.1) is 5.10 Å². The van der Waals surface area contributed by atoms with E-state index in [1.165, 1.54) is 17.7 Å². The van der Waals surface area contributed by atoms with Crippen LogP contribution in [-0.2, 0) is 0 Å². The van der Waals surface area contributed by atoms with Crippen LogP contribution in [0, 0.1) is 5.95 Å². The number of halogens is 1. The minimum absolute atomic E-state index is 0.388. The van der Waals surface area contributed by atoms with E-state index in [2.05, 4.69) is 10.1 Å². The SMILES string of the molecule is COc1c(-c2ccc(N)cc2)nc2ccc(F)nn12. The number of hydrogen-bond donors (Lipinski definition) is 1. The normalized spacial score (nSPS) is 10.8. The number of nitrogens with zero attached hydrogens (tertiary/aromatic N) is 3. The first kappa shape index (κ1) is 11.5. The average Bonchev–Trinajstić information content (AvgIpc) is 2.77. The molecule has 1 aromatic carbocycles. The third-order valence-corrected chi connectivity index (χ3v) is 2.78. The number of rotatable bonds is 2. The van der Waals surface area contributed by atoms with Crippen molar-refractivity contribution in [2.75, 3.05) is 12.8 Å². The molecule has 0 aliphatic rings. The minimum Gasteiger partial charge on any atom is -0.479 e. The summed E-state index contributed by atoms with van der Waals surface area (Å²) < 4.78 is 19.8. The molecule has 0 saturated carbocycles. The summed E-state index contributed by atoms with van der Waals surface area (Å²) in [4.78, 5) is 4.39. The predicted octanol–water partition coefficient (Wildman–Crippen LogP) is 2.13. The molecule has 0 aliphatic carbocycles. The van der Waals surface area contributed by atoms with Gasteiger partial charge in [-0.05, 0) is 24.3 Å². The van der Waals surface area contributed by atoms with Crippen molar-refractivity contribution in [1.29, 1.82) is 0 Å². The molecular formula is C13H11FN4O. The third-order valence-electron chi connectivity index (χ3n) is 2.78. The van der Waals surface area contributed by atoms with Gasteiger partial charge in [0.05, 0.1) is 7.11 Å². The van der Waals surface area contributed by atoms with Gasteiger partial charge in [-0.1, -0.05) is 12.1 Å². The summed E-state index contributed by atoms with van der Waals surface area (Å²) in [5, 5.41) is 3.75. The van der Waals surface area contributed by atoms with E-state index in [0.29, 0.717) is 22.9 Å². The fraction of sp³-hybridized carbons (Fsp3) is 0.0769. The molecule has 5 nitrogen and oxygen atoms in total. The van der Waals surface area contributed by atoms with Crippen LogP contribution in [0.5, 0.6) is 5.88 Å². The Kier molecular flexibility index (Phi) is 2.56. The van der Waals surface area contributed by atoms with E-state index < -0.39 is 5.95 Å². The van der Waals surface area contributed by atoms with Crippen LogP contribution in [-0.4, -0.2) is 21.7 Å². The highest BCUT2D eigenvalue weighted by molar-refractivity contribution is 5.70. The van der Waals surface area contributed by atoms with Gasteiger partial charge in [0, 0.05) is 11.3 Å². The maximum atomic E-state index is 13.2. The van der Waals surface area contributed by atoms with Crippen LogP contribution in [0.15, 0.2) is 36.4 Å². The minimum atomic E-state index is -0.591. The summed E-state index contributed by atoms with van der Waals surface area (Å²) in [6, 6.07) is 10.0. The Balaban J connectivity index is 2.25. The van der Waals surface area contributed by atoms with E-state index in [9.17, 15) is 4.39 Å². The highest BCUT2D eigenvalue weighted by Gasteiger charge is 2.16. The fourth-order valence-corrected chi connectivity index (χ4v) is 1.90. The monoisotopic (exact) mass is 258 g/mol. The van der Waals surface area contributed by atoms with Crippen molar-refractivity contribution in [3.63, 3.8) is 0 Å². The summed E-state index contributed by atoms with van der Waals surface area (Å²) in [5.74, 6) is -0.202. The number of nitrogens with two attached hydrogens (primary N) is 1. The number of benzene rings is 1. The van der Waals surface area contributed by atoms with E-state index >= 15 is 0 Å². The van der Waals surface area contributed by atoms with Crippen LogP contribution >= 0.6 is 0 Å². The maximum Gasteiger partial charge on any atom is 0.243 e. The molecular weight excluding hydrogens is 247 g/mol. The van der Waals surface area contributed by atoms with Crippen molar-refractivity contribution in [2.45, 2.75) is 0 Å². The van der Waals surface area contributed by atoms with Gasteiger partial charge in [0.25, 0.3) is 0 Å². The largest absolute Gasteiger partial charge is 0.479 e. The molecule has 2 N–H and O–H groups in total. The van der Waals surface area contributed by atoms with Crippen LogP contribution in [0.3, 0.4) is 0 Å². The Morgan fingerprint density at radius 1 is 1.16 bits per heavy atom. The van der Waals surface area contributed by atoms with Crippen molar-refractivity contribution >= 4 is 11.3 Å². The molecule has 3 rings (SSSR count). The number of anilines is 1. The number of aromatic nitrogens is 3. The number of ether oxygens (including phenoxy) is 1. The molecule has 0 spiro atoms. The zero-order valence-electron chi connectivity index (χ0n) is 10.2. The van der Waals surface area contributed by atoms with E-state index in [1.54, 1.807) is 18.2 Å². The van der Waals surface area contributed by atoms with Gasteiger partial charge in [0.15, 0.2) is 5.65 Å². The van der Waals surface area contributed by atoms with Crippen LogP contribution < -0.4 is 10.5 Å². The molecule has 6 heteroatoms. The second-order valence-electron chi connectivity index (χ2n) is 4.02. The molecule has 0 saturated heterocycles. The number of imidazole rings is 1. The van der Waals surface area contributed by atoms with E-state index in [4.69, 9.17) is 10.5 Å². The summed E-state index contributed by atoms with van der Waals surface area (Å²) >= 11 is 0. The van der Waals surface area contributed by atoms with Gasteiger partial charge in [0.1, 0.15) is 5.69 Å². The summed E-state index contributed by atoms with van der Waals surface area (Å²) in [7, 11) is 1.50. The molecule has 0 radical (unpaired) electrons.